The third-order valence-corrected chi connectivity index (χ3v) is 3.30. The molecule has 0 amide bonds. The van der Waals surface area contributed by atoms with Crippen LogP contribution in [0.4, 0.5) is 11.4 Å². The minimum atomic E-state index is 0.552. The lowest BCUT2D eigenvalue weighted by molar-refractivity contribution is 0.190. The minimum Gasteiger partial charge on any atom is -0.383 e. The number of amidine groups is 1. The van der Waals surface area contributed by atoms with Crippen LogP contribution in [0.15, 0.2) is 29.3 Å². The molecule has 0 radical (unpaired) electrons. The normalized spacial score (nSPS) is 11.7. The van der Waals surface area contributed by atoms with Crippen LogP contribution < -0.4 is 10.6 Å². The zero-order valence-corrected chi connectivity index (χ0v) is 13.2. The van der Waals surface area contributed by atoms with Crippen LogP contribution in [0.5, 0.6) is 0 Å². The first-order valence-electron chi connectivity index (χ1n) is 6.43. The molecule has 0 aliphatic heterocycles. The van der Waals surface area contributed by atoms with Gasteiger partial charge in [0.25, 0.3) is 0 Å². The van der Waals surface area contributed by atoms with E-state index in [-0.39, 0.29) is 0 Å². The van der Waals surface area contributed by atoms with Crippen LogP contribution >= 0.6 is 11.8 Å². The maximum Gasteiger partial charge on any atom is 0.158 e. The highest BCUT2D eigenvalue weighted by molar-refractivity contribution is 8.13. The van der Waals surface area contributed by atoms with Crippen molar-refractivity contribution in [1.82, 2.24) is 0 Å². The number of para-hydroxylation sites is 2. The van der Waals surface area contributed by atoms with E-state index in [1.807, 2.05) is 30.5 Å². The molecule has 5 nitrogen and oxygen atoms in total. The monoisotopic (exact) mass is 297 g/mol. The van der Waals surface area contributed by atoms with Crippen molar-refractivity contribution < 1.29 is 9.47 Å². The van der Waals surface area contributed by atoms with Crippen molar-refractivity contribution in [3.8, 4) is 0 Å². The number of aliphatic imine (C=N–C) groups is 1. The van der Waals surface area contributed by atoms with Gasteiger partial charge >= 0.3 is 0 Å². The van der Waals surface area contributed by atoms with Gasteiger partial charge in [0.2, 0.25) is 0 Å². The highest BCUT2D eigenvalue weighted by Gasteiger charge is 2.10. The molecule has 0 unspecified atom stereocenters. The fraction of sp³-hybridized carbons (Fsp3) is 0.500. The Bertz CT molecular complexity index is 419. The Labute approximate surface area is 125 Å². The van der Waals surface area contributed by atoms with E-state index < -0.39 is 0 Å². The largest absolute Gasteiger partial charge is 0.383 e. The van der Waals surface area contributed by atoms with Gasteiger partial charge < -0.3 is 20.1 Å². The van der Waals surface area contributed by atoms with Gasteiger partial charge in [0.15, 0.2) is 5.17 Å². The molecule has 0 aliphatic carbocycles. The van der Waals surface area contributed by atoms with E-state index in [9.17, 15) is 0 Å². The van der Waals surface area contributed by atoms with Gasteiger partial charge in [-0.25, -0.2) is 4.99 Å². The Morgan fingerprint density at radius 1 is 1.20 bits per heavy atom. The molecule has 1 rings (SSSR count). The second-order valence-electron chi connectivity index (χ2n) is 4.12. The molecule has 0 aliphatic rings. The van der Waals surface area contributed by atoms with Crippen molar-refractivity contribution in [2.75, 3.05) is 51.7 Å². The quantitative estimate of drug-likeness (QED) is 0.588. The van der Waals surface area contributed by atoms with E-state index in [1.54, 1.807) is 14.2 Å². The maximum absolute atomic E-state index is 5.82. The van der Waals surface area contributed by atoms with Crippen LogP contribution in [0.25, 0.3) is 0 Å². The molecule has 0 fully saturated rings. The van der Waals surface area contributed by atoms with Gasteiger partial charge in [-0.2, -0.15) is 0 Å². The van der Waals surface area contributed by atoms with E-state index in [4.69, 9.17) is 15.2 Å². The second kappa shape index (κ2) is 9.63. The zero-order chi connectivity index (χ0) is 14.8. The summed E-state index contributed by atoms with van der Waals surface area (Å²) in [6.07, 6.45) is 1.91. The molecule has 0 saturated heterocycles. The lowest BCUT2D eigenvalue weighted by Crippen LogP contribution is -2.30. The number of thioether (sulfide) groups is 1. The predicted molar refractivity (Wildman–Crippen MR) is 87.2 cm³/mol. The summed E-state index contributed by atoms with van der Waals surface area (Å²) in [6.45, 7) is 2.87. The molecule has 2 N–H and O–H groups in total. The molecule has 0 heterocycles. The summed E-state index contributed by atoms with van der Waals surface area (Å²) in [4.78, 5) is 6.64. The fourth-order valence-electron chi connectivity index (χ4n) is 1.75. The van der Waals surface area contributed by atoms with Gasteiger partial charge in [0.1, 0.15) is 0 Å². The van der Waals surface area contributed by atoms with Crippen molar-refractivity contribution in [2.45, 2.75) is 0 Å². The lowest BCUT2D eigenvalue weighted by atomic mass is 10.2. The molecule has 1 aromatic rings. The molecule has 1 aromatic carbocycles. The Kier molecular flexibility index (Phi) is 8.10. The predicted octanol–water partition coefficient (Wildman–Crippen LogP) is 2.09. The number of benzene rings is 1. The van der Waals surface area contributed by atoms with Gasteiger partial charge in [-0.1, -0.05) is 23.9 Å². The summed E-state index contributed by atoms with van der Waals surface area (Å²) in [5, 5.41) is 0.552. The van der Waals surface area contributed by atoms with E-state index in [0.717, 1.165) is 24.5 Å². The van der Waals surface area contributed by atoms with Crippen LogP contribution in [0.3, 0.4) is 0 Å². The van der Waals surface area contributed by atoms with Gasteiger partial charge in [-0.3, -0.25) is 0 Å². The Morgan fingerprint density at radius 2 is 1.80 bits per heavy atom. The number of hydrogen-bond acceptors (Lipinski definition) is 5. The average molecular weight is 297 g/mol. The molecule has 0 bridgehead atoms. The molecule has 6 heteroatoms. The fourth-order valence-corrected chi connectivity index (χ4v) is 1.94. The summed E-state index contributed by atoms with van der Waals surface area (Å²) in [5.41, 5.74) is 7.73. The van der Waals surface area contributed by atoms with Crippen LogP contribution in [-0.2, 0) is 9.47 Å². The topological polar surface area (TPSA) is 60.1 Å². The summed E-state index contributed by atoms with van der Waals surface area (Å²) in [5.74, 6) is 0. The second-order valence-corrected chi connectivity index (χ2v) is 4.94. The number of methoxy groups -OCH3 is 2. The number of rotatable bonds is 8. The molecular weight excluding hydrogens is 274 g/mol. The molecular formula is C14H23N3O2S. The maximum atomic E-state index is 5.82. The van der Waals surface area contributed by atoms with E-state index in [2.05, 4.69) is 9.89 Å². The van der Waals surface area contributed by atoms with Crippen LogP contribution in [-0.4, -0.2) is 51.9 Å². The van der Waals surface area contributed by atoms with E-state index >= 15 is 0 Å². The third kappa shape index (κ3) is 5.40. The van der Waals surface area contributed by atoms with Gasteiger partial charge in [-0.05, 0) is 18.4 Å². The van der Waals surface area contributed by atoms with Crippen molar-refractivity contribution in [3.63, 3.8) is 0 Å². The molecule has 0 aromatic heterocycles. The van der Waals surface area contributed by atoms with Crippen LogP contribution in [0.1, 0.15) is 0 Å². The van der Waals surface area contributed by atoms with E-state index in [1.165, 1.54) is 11.8 Å². The van der Waals surface area contributed by atoms with Gasteiger partial charge in [-0.15, -0.1) is 0 Å². The third-order valence-electron chi connectivity index (χ3n) is 2.79. The summed E-state index contributed by atoms with van der Waals surface area (Å²) in [6, 6.07) is 7.96. The first-order valence-corrected chi connectivity index (χ1v) is 7.65. The molecule has 20 heavy (non-hydrogen) atoms. The van der Waals surface area contributed by atoms with Crippen molar-refractivity contribution in [3.05, 3.63) is 24.3 Å². The zero-order valence-electron chi connectivity index (χ0n) is 12.3. The van der Waals surface area contributed by atoms with Crippen LogP contribution in [0, 0.1) is 0 Å². The number of anilines is 1. The molecule has 112 valence electrons. The number of hydrogen-bond donors (Lipinski definition) is 1. The number of nitrogens with two attached hydrogens (primary N) is 1. The minimum absolute atomic E-state index is 0.552. The Balaban J connectivity index is 2.98. The molecule has 0 saturated carbocycles. The summed E-state index contributed by atoms with van der Waals surface area (Å²) < 4.78 is 10.3. The van der Waals surface area contributed by atoms with Crippen molar-refractivity contribution >= 4 is 28.3 Å². The number of nitrogens with zero attached hydrogens (tertiary/aromatic N) is 2. The SMILES string of the molecule is COCCN(CCOC)c1ccccc1N=C(N)SC. The summed E-state index contributed by atoms with van der Waals surface area (Å²) in [7, 11) is 3.40. The van der Waals surface area contributed by atoms with Crippen molar-refractivity contribution in [1.29, 1.82) is 0 Å². The number of ether oxygens (including phenoxy) is 2. The summed E-state index contributed by atoms with van der Waals surface area (Å²) >= 11 is 1.44. The highest BCUT2D eigenvalue weighted by Crippen LogP contribution is 2.28. The first-order chi connectivity index (χ1) is 9.72. The average Bonchev–Trinajstić information content (AvgIpc) is 2.48. The standard InChI is InChI=1S/C14H23N3O2S/c1-18-10-8-17(9-11-19-2)13-7-5-4-6-12(13)16-14(15)20-3/h4-7H,8-11H2,1-3H3,(H2,15,16). The Hall–Kier alpha value is -1.24. The highest BCUT2D eigenvalue weighted by atomic mass is 32.2. The lowest BCUT2D eigenvalue weighted by Gasteiger charge is -2.25. The Morgan fingerprint density at radius 3 is 2.35 bits per heavy atom. The van der Waals surface area contributed by atoms with Crippen LogP contribution in [0.2, 0.25) is 0 Å². The molecule has 0 atom stereocenters. The van der Waals surface area contributed by atoms with E-state index in [0.29, 0.717) is 18.4 Å². The van der Waals surface area contributed by atoms with Gasteiger partial charge in [0, 0.05) is 27.3 Å². The smallest absolute Gasteiger partial charge is 0.158 e. The first kappa shape index (κ1) is 16.8. The van der Waals surface area contributed by atoms with Gasteiger partial charge in [0.05, 0.1) is 24.6 Å². The molecule has 0 spiro atoms. The van der Waals surface area contributed by atoms with Crippen molar-refractivity contribution in [2.24, 2.45) is 10.7 Å².